The Morgan fingerprint density at radius 2 is 1.56 bits per heavy atom. The molecule has 25 heavy (non-hydrogen) atoms. The van der Waals surface area contributed by atoms with Crippen LogP contribution in [0.1, 0.15) is 11.3 Å². The molecule has 0 unspecified atom stereocenters. The van der Waals surface area contributed by atoms with Crippen LogP contribution in [0, 0.1) is 13.8 Å². The Balaban J connectivity index is 1.96. The zero-order valence-electron chi connectivity index (χ0n) is 14.0. The van der Waals surface area contributed by atoms with E-state index >= 15 is 0 Å². The van der Waals surface area contributed by atoms with Gasteiger partial charge in [-0.2, -0.15) is 9.61 Å². The van der Waals surface area contributed by atoms with Gasteiger partial charge in [0.05, 0.1) is 11.4 Å². The molecule has 0 amide bonds. The minimum absolute atomic E-state index is 0.559. The highest BCUT2D eigenvalue weighted by Crippen LogP contribution is 2.31. The van der Waals surface area contributed by atoms with Crippen LogP contribution in [0.15, 0.2) is 54.6 Å². The van der Waals surface area contributed by atoms with Crippen LogP contribution in [0.25, 0.3) is 28.0 Å². The molecule has 4 aromatic rings. The third-order valence-corrected chi connectivity index (χ3v) is 4.52. The second kappa shape index (κ2) is 5.90. The number of aromatic nitrogens is 3. The van der Waals surface area contributed by atoms with E-state index in [4.69, 9.17) is 22.3 Å². The molecular formula is C20H17ClN4. The van der Waals surface area contributed by atoms with Crippen LogP contribution in [0.2, 0.25) is 5.02 Å². The Hall–Kier alpha value is -2.85. The van der Waals surface area contributed by atoms with E-state index in [1.54, 1.807) is 4.52 Å². The summed E-state index contributed by atoms with van der Waals surface area (Å²) in [6.45, 7) is 4.03. The zero-order chi connectivity index (χ0) is 17.6. The summed E-state index contributed by atoms with van der Waals surface area (Å²) in [5.74, 6) is 0.559. The number of hydrogen-bond acceptors (Lipinski definition) is 3. The first kappa shape index (κ1) is 15.7. The van der Waals surface area contributed by atoms with Crippen molar-refractivity contribution in [2.45, 2.75) is 13.8 Å². The fraction of sp³-hybridized carbons (Fsp3) is 0.100. The van der Waals surface area contributed by atoms with E-state index in [2.05, 4.69) is 36.3 Å². The van der Waals surface area contributed by atoms with E-state index in [0.717, 1.165) is 33.7 Å². The maximum Gasteiger partial charge on any atom is 0.166 e. The van der Waals surface area contributed by atoms with Gasteiger partial charge in [0, 0.05) is 22.2 Å². The average molecular weight is 349 g/mol. The quantitative estimate of drug-likeness (QED) is 0.559. The molecule has 0 radical (unpaired) electrons. The van der Waals surface area contributed by atoms with E-state index in [1.165, 1.54) is 5.56 Å². The van der Waals surface area contributed by atoms with Crippen LogP contribution >= 0.6 is 11.6 Å². The molecule has 0 aliphatic carbocycles. The summed E-state index contributed by atoms with van der Waals surface area (Å²) in [4.78, 5) is 4.84. The number of benzene rings is 2. The lowest BCUT2D eigenvalue weighted by atomic mass is 10.1. The molecule has 2 N–H and O–H groups in total. The first-order chi connectivity index (χ1) is 12.0. The van der Waals surface area contributed by atoms with Crippen molar-refractivity contribution in [1.29, 1.82) is 0 Å². The molecule has 124 valence electrons. The van der Waals surface area contributed by atoms with Crippen LogP contribution in [0.3, 0.4) is 0 Å². The molecule has 2 aromatic carbocycles. The number of aryl methyl sites for hydroxylation is 2. The molecule has 2 heterocycles. The lowest BCUT2D eigenvalue weighted by Crippen LogP contribution is -2.01. The Kier molecular flexibility index (Phi) is 3.70. The first-order valence-electron chi connectivity index (χ1n) is 8.02. The molecule has 0 aliphatic rings. The van der Waals surface area contributed by atoms with Gasteiger partial charge in [0.25, 0.3) is 0 Å². The van der Waals surface area contributed by atoms with E-state index in [1.807, 2.05) is 37.3 Å². The van der Waals surface area contributed by atoms with Crippen molar-refractivity contribution in [2.24, 2.45) is 0 Å². The first-order valence-corrected chi connectivity index (χ1v) is 8.39. The monoisotopic (exact) mass is 348 g/mol. The van der Waals surface area contributed by atoms with Gasteiger partial charge in [-0.15, -0.1) is 0 Å². The Labute approximate surface area is 150 Å². The molecule has 0 spiro atoms. The van der Waals surface area contributed by atoms with Crippen molar-refractivity contribution in [2.75, 3.05) is 5.73 Å². The summed E-state index contributed by atoms with van der Waals surface area (Å²) in [6.07, 6.45) is 0. The SMILES string of the molecule is Cc1ccc(-c2cc(N)n3nc(C)c(-c4ccc(Cl)cc4)c3n2)cc1. The van der Waals surface area contributed by atoms with Crippen LogP contribution in [0.5, 0.6) is 0 Å². The fourth-order valence-electron chi connectivity index (χ4n) is 2.97. The van der Waals surface area contributed by atoms with Crippen LogP contribution in [-0.2, 0) is 0 Å². The molecular weight excluding hydrogens is 332 g/mol. The maximum atomic E-state index is 6.25. The maximum absolute atomic E-state index is 6.25. The predicted molar refractivity (Wildman–Crippen MR) is 103 cm³/mol. The van der Waals surface area contributed by atoms with Gasteiger partial charge in [-0.1, -0.05) is 53.6 Å². The van der Waals surface area contributed by atoms with Crippen molar-refractivity contribution in [3.63, 3.8) is 0 Å². The Morgan fingerprint density at radius 3 is 2.24 bits per heavy atom. The van der Waals surface area contributed by atoms with Gasteiger partial charge in [-0.05, 0) is 31.5 Å². The fourth-order valence-corrected chi connectivity index (χ4v) is 3.10. The van der Waals surface area contributed by atoms with Crippen molar-refractivity contribution < 1.29 is 0 Å². The third kappa shape index (κ3) is 2.75. The van der Waals surface area contributed by atoms with Gasteiger partial charge in [0.1, 0.15) is 5.82 Å². The number of anilines is 1. The van der Waals surface area contributed by atoms with Crippen LogP contribution < -0.4 is 5.73 Å². The molecule has 0 bridgehead atoms. The van der Waals surface area contributed by atoms with Gasteiger partial charge in [-0.25, -0.2) is 4.98 Å². The van der Waals surface area contributed by atoms with Crippen LogP contribution in [0.4, 0.5) is 5.82 Å². The third-order valence-electron chi connectivity index (χ3n) is 4.27. The second-order valence-corrected chi connectivity index (χ2v) is 6.57. The van der Waals surface area contributed by atoms with Gasteiger partial charge in [0.2, 0.25) is 0 Å². The number of halogens is 1. The Bertz CT molecular complexity index is 1060. The normalized spacial score (nSPS) is 11.2. The van der Waals surface area contributed by atoms with Gasteiger partial charge < -0.3 is 5.73 Å². The Morgan fingerprint density at radius 1 is 0.920 bits per heavy atom. The van der Waals surface area contributed by atoms with Crippen molar-refractivity contribution in [1.82, 2.24) is 14.6 Å². The minimum atomic E-state index is 0.559. The topological polar surface area (TPSA) is 56.2 Å². The highest BCUT2D eigenvalue weighted by molar-refractivity contribution is 6.30. The van der Waals surface area contributed by atoms with Crippen molar-refractivity contribution >= 4 is 23.1 Å². The molecule has 4 nitrogen and oxygen atoms in total. The lowest BCUT2D eigenvalue weighted by Gasteiger charge is -2.07. The molecule has 0 saturated carbocycles. The molecule has 0 atom stereocenters. The average Bonchev–Trinajstić information content (AvgIpc) is 2.93. The number of hydrogen-bond donors (Lipinski definition) is 1. The molecule has 4 rings (SSSR count). The van der Waals surface area contributed by atoms with Crippen molar-refractivity contribution in [3.8, 4) is 22.4 Å². The number of fused-ring (bicyclic) bond motifs is 1. The van der Waals surface area contributed by atoms with E-state index < -0.39 is 0 Å². The van der Waals surface area contributed by atoms with E-state index in [0.29, 0.717) is 10.8 Å². The van der Waals surface area contributed by atoms with E-state index in [-0.39, 0.29) is 0 Å². The lowest BCUT2D eigenvalue weighted by molar-refractivity contribution is 0.930. The van der Waals surface area contributed by atoms with Gasteiger partial charge in [0.15, 0.2) is 5.65 Å². The molecule has 2 aromatic heterocycles. The summed E-state index contributed by atoms with van der Waals surface area (Å²) >= 11 is 6.02. The molecule has 0 fully saturated rings. The standard InChI is InChI=1S/C20H17ClN4/c1-12-3-5-14(6-4-12)17-11-18(22)25-20(23-17)19(13(2)24-25)15-7-9-16(21)10-8-15/h3-11H,22H2,1-2H3. The summed E-state index contributed by atoms with van der Waals surface area (Å²) in [5.41, 5.74) is 12.9. The largest absolute Gasteiger partial charge is 0.384 e. The summed E-state index contributed by atoms with van der Waals surface area (Å²) in [6, 6.07) is 17.8. The highest BCUT2D eigenvalue weighted by atomic mass is 35.5. The van der Waals surface area contributed by atoms with Crippen molar-refractivity contribution in [3.05, 3.63) is 70.9 Å². The molecule has 0 aliphatic heterocycles. The molecule has 0 saturated heterocycles. The minimum Gasteiger partial charge on any atom is -0.384 e. The highest BCUT2D eigenvalue weighted by Gasteiger charge is 2.16. The van der Waals surface area contributed by atoms with Gasteiger partial charge >= 0.3 is 0 Å². The number of nitrogen functional groups attached to an aromatic ring is 1. The molecule has 5 heteroatoms. The summed E-state index contributed by atoms with van der Waals surface area (Å²) in [7, 11) is 0. The predicted octanol–water partition coefficient (Wildman–Crippen LogP) is 4.92. The second-order valence-electron chi connectivity index (χ2n) is 6.13. The number of nitrogens with zero attached hydrogens (tertiary/aromatic N) is 3. The van der Waals surface area contributed by atoms with E-state index in [9.17, 15) is 0 Å². The number of nitrogens with two attached hydrogens (primary N) is 1. The van der Waals surface area contributed by atoms with Gasteiger partial charge in [-0.3, -0.25) is 0 Å². The number of rotatable bonds is 2. The zero-order valence-corrected chi connectivity index (χ0v) is 14.7. The smallest absolute Gasteiger partial charge is 0.166 e. The summed E-state index contributed by atoms with van der Waals surface area (Å²) in [5, 5.41) is 5.26. The van der Waals surface area contributed by atoms with Crippen LogP contribution in [-0.4, -0.2) is 14.6 Å². The summed E-state index contributed by atoms with van der Waals surface area (Å²) < 4.78 is 1.69.